The number of carboxylic acid groups (broad SMARTS) is 1. The Labute approximate surface area is 121 Å². The number of carbonyl (C=O) groups excluding carboxylic acids is 1. The highest BCUT2D eigenvalue weighted by atomic mass is 19.4. The minimum Gasteiger partial charge on any atom is -0.481 e. The van der Waals surface area contributed by atoms with Crippen molar-refractivity contribution in [2.75, 3.05) is 6.54 Å². The van der Waals surface area contributed by atoms with Crippen LogP contribution >= 0.6 is 0 Å². The minimum atomic E-state index is -4.76. The van der Waals surface area contributed by atoms with Crippen molar-refractivity contribution in [3.8, 4) is 0 Å². The summed E-state index contributed by atoms with van der Waals surface area (Å²) in [4.78, 5) is 31.7. The molecule has 0 saturated carbocycles. The van der Waals surface area contributed by atoms with Gasteiger partial charge in [-0.05, 0) is 18.6 Å². The summed E-state index contributed by atoms with van der Waals surface area (Å²) in [5.41, 5.74) is -2.72. The fraction of sp³-hybridized carbons (Fsp3) is 0.333. The average molecular weight is 320 g/mol. The molecule has 7 nitrogen and oxygen atoms in total. The van der Waals surface area contributed by atoms with Crippen molar-refractivity contribution in [3.63, 3.8) is 0 Å². The molecule has 0 aromatic heterocycles. The highest BCUT2D eigenvalue weighted by molar-refractivity contribution is 5.98. The summed E-state index contributed by atoms with van der Waals surface area (Å²) in [5, 5.41) is 21.4. The van der Waals surface area contributed by atoms with Gasteiger partial charge in [-0.3, -0.25) is 19.7 Å². The third-order valence-electron chi connectivity index (χ3n) is 2.62. The van der Waals surface area contributed by atoms with Gasteiger partial charge in [-0.2, -0.15) is 13.2 Å². The zero-order valence-corrected chi connectivity index (χ0v) is 11.0. The maximum absolute atomic E-state index is 12.5. The van der Waals surface area contributed by atoms with Gasteiger partial charge in [-0.15, -0.1) is 0 Å². The maximum atomic E-state index is 12.5. The van der Waals surface area contributed by atoms with Gasteiger partial charge in [0.25, 0.3) is 11.6 Å². The van der Waals surface area contributed by atoms with Crippen LogP contribution in [0.15, 0.2) is 18.2 Å². The Balaban J connectivity index is 2.91. The quantitative estimate of drug-likeness (QED) is 0.474. The number of carboxylic acids is 1. The van der Waals surface area contributed by atoms with Gasteiger partial charge in [-0.25, -0.2) is 0 Å². The second kappa shape index (κ2) is 6.87. The fourth-order valence-electron chi connectivity index (χ4n) is 1.59. The van der Waals surface area contributed by atoms with E-state index in [9.17, 15) is 32.9 Å². The number of halogens is 3. The molecule has 0 bridgehead atoms. The van der Waals surface area contributed by atoms with Crippen LogP contribution < -0.4 is 5.32 Å². The summed E-state index contributed by atoms with van der Waals surface area (Å²) >= 11 is 0. The van der Waals surface area contributed by atoms with Gasteiger partial charge in [0.2, 0.25) is 0 Å². The minimum absolute atomic E-state index is 0.0662. The van der Waals surface area contributed by atoms with E-state index in [4.69, 9.17) is 5.11 Å². The zero-order valence-electron chi connectivity index (χ0n) is 11.0. The molecule has 0 fully saturated rings. The Bertz CT molecular complexity index is 601. The standard InChI is InChI=1S/C12H11F3N2O5/c13-12(14,15)7-3-4-8(9(6-7)17(21)22)11(20)16-5-1-2-10(18)19/h3-4,6H,1-2,5H2,(H,16,20)(H,18,19). The van der Waals surface area contributed by atoms with Crippen LogP contribution in [0.4, 0.5) is 18.9 Å². The van der Waals surface area contributed by atoms with E-state index in [0.717, 1.165) is 0 Å². The van der Waals surface area contributed by atoms with Gasteiger partial charge >= 0.3 is 12.1 Å². The van der Waals surface area contributed by atoms with E-state index in [2.05, 4.69) is 5.32 Å². The summed E-state index contributed by atoms with van der Waals surface area (Å²) in [6.07, 6.45) is -4.88. The number of nitro benzene ring substituents is 1. The first-order valence-electron chi connectivity index (χ1n) is 5.98. The van der Waals surface area contributed by atoms with Crippen LogP contribution in [0.5, 0.6) is 0 Å². The molecular weight excluding hydrogens is 309 g/mol. The number of rotatable bonds is 6. The lowest BCUT2D eigenvalue weighted by Gasteiger charge is -2.09. The fourth-order valence-corrected chi connectivity index (χ4v) is 1.59. The molecule has 0 spiro atoms. The summed E-state index contributed by atoms with van der Waals surface area (Å²) in [6, 6.07) is 1.57. The molecule has 0 aliphatic rings. The van der Waals surface area contributed by atoms with Crippen molar-refractivity contribution < 1.29 is 32.8 Å². The number of nitro groups is 1. The first-order chi connectivity index (χ1) is 10.1. The van der Waals surface area contributed by atoms with Gasteiger partial charge in [0, 0.05) is 19.0 Å². The summed E-state index contributed by atoms with van der Waals surface area (Å²) in [7, 11) is 0. The van der Waals surface area contributed by atoms with Crippen LogP contribution in [-0.2, 0) is 11.0 Å². The molecule has 0 unspecified atom stereocenters. The lowest BCUT2D eigenvalue weighted by molar-refractivity contribution is -0.385. The molecule has 0 aliphatic carbocycles. The Morgan fingerprint density at radius 2 is 1.95 bits per heavy atom. The maximum Gasteiger partial charge on any atom is 0.416 e. The van der Waals surface area contributed by atoms with Crippen molar-refractivity contribution in [2.45, 2.75) is 19.0 Å². The van der Waals surface area contributed by atoms with E-state index in [1.54, 1.807) is 0 Å². The van der Waals surface area contributed by atoms with Crippen LogP contribution in [0.2, 0.25) is 0 Å². The monoisotopic (exact) mass is 320 g/mol. The first-order valence-corrected chi connectivity index (χ1v) is 5.98. The molecule has 0 radical (unpaired) electrons. The normalized spacial score (nSPS) is 11.0. The number of alkyl halides is 3. The van der Waals surface area contributed by atoms with E-state index in [-0.39, 0.29) is 25.5 Å². The topological polar surface area (TPSA) is 110 Å². The Morgan fingerprint density at radius 1 is 1.32 bits per heavy atom. The molecule has 22 heavy (non-hydrogen) atoms. The molecule has 10 heteroatoms. The smallest absolute Gasteiger partial charge is 0.416 e. The number of nitrogens with one attached hydrogen (secondary N) is 1. The first kappa shape index (κ1) is 17.4. The number of benzene rings is 1. The lowest BCUT2D eigenvalue weighted by Crippen LogP contribution is -2.26. The molecule has 120 valence electrons. The molecule has 0 heterocycles. The van der Waals surface area contributed by atoms with Crippen molar-refractivity contribution in [1.82, 2.24) is 5.32 Å². The second-order valence-corrected chi connectivity index (χ2v) is 4.24. The molecule has 0 aliphatic heterocycles. The number of hydrogen-bond donors (Lipinski definition) is 2. The van der Waals surface area contributed by atoms with Crippen molar-refractivity contribution in [2.24, 2.45) is 0 Å². The molecule has 0 saturated heterocycles. The summed E-state index contributed by atoms with van der Waals surface area (Å²) < 4.78 is 37.5. The van der Waals surface area contributed by atoms with E-state index < -0.39 is 39.8 Å². The molecular formula is C12H11F3N2O5. The van der Waals surface area contributed by atoms with Crippen LogP contribution in [0.3, 0.4) is 0 Å². The van der Waals surface area contributed by atoms with Gasteiger partial charge in [0.05, 0.1) is 10.5 Å². The van der Waals surface area contributed by atoms with Crippen LogP contribution in [0.1, 0.15) is 28.8 Å². The molecule has 1 aromatic rings. The third-order valence-corrected chi connectivity index (χ3v) is 2.62. The molecule has 0 atom stereocenters. The van der Waals surface area contributed by atoms with E-state index >= 15 is 0 Å². The van der Waals surface area contributed by atoms with Gasteiger partial charge in [0.1, 0.15) is 5.56 Å². The number of amides is 1. The van der Waals surface area contributed by atoms with E-state index in [0.29, 0.717) is 12.1 Å². The summed E-state index contributed by atoms with van der Waals surface area (Å²) in [5.74, 6) is -2.01. The van der Waals surface area contributed by atoms with Crippen LogP contribution in [0.25, 0.3) is 0 Å². The Hall–Kier alpha value is -2.65. The predicted molar refractivity (Wildman–Crippen MR) is 67.3 cm³/mol. The van der Waals surface area contributed by atoms with Crippen molar-refractivity contribution in [3.05, 3.63) is 39.4 Å². The third kappa shape index (κ3) is 4.72. The molecule has 1 rings (SSSR count). The largest absolute Gasteiger partial charge is 0.481 e. The average Bonchev–Trinajstić information content (AvgIpc) is 2.41. The molecule has 1 aromatic carbocycles. The Morgan fingerprint density at radius 3 is 2.45 bits per heavy atom. The second-order valence-electron chi connectivity index (χ2n) is 4.24. The van der Waals surface area contributed by atoms with Crippen LogP contribution in [0, 0.1) is 10.1 Å². The van der Waals surface area contributed by atoms with Gasteiger partial charge in [-0.1, -0.05) is 0 Å². The highest BCUT2D eigenvalue weighted by Gasteiger charge is 2.33. The zero-order chi connectivity index (χ0) is 16.9. The number of aliphatic carboxylic acids is 1. The highest BCUT2D eigenvalue weighted by Crippen LogP contribution is 2.32. The molecule has 1 amide bonds. The number of carbonyl (C=O) groups is 2. The van der Waals surface area contributed by atoms with Crippen molar-refractivity contribution in [1.29, 1.82) is 0 Å². The number of nitrogens with zero attached hydrogens (tertiary/aromatic N) is 1. The molecule has 2 N–H and O–H groups in total. The van der Waals surface area contributed by atoms with Crippen LogP contribution in [-0.4, -0.2) is 28.5 Å². The van der Waals surface area contributed by atoms with E-state index in [1.807, 2.05) is 0 Å². The SMILES string of the molecule is O=C(O)CCCNC(=O)c1ccc(C(F)(F)F)cc1[N+](=O)[O-]. The van der Waals surface area contributed by atoms with Gasteiger partial charge < -0.3 is 10.4 Å². The number of hydrogen-bond acceptors (Lipinski definition) is 4. The summed E-state index contributed by atoms with van der Waals surface area (Å²) in [6.45, 7) is -0.0662. The Kier molecular flexibility index (Phi) is 5.44. The van der Waals surface area contributed by atoms with E-state index in [1.165, 1.54) is 0 Å². The lowest BCUT2D eigenvalue weighted by atomic mass is 10.1. The van der Waals surface area contributed by atoms with Crippen molar-refractivity contribution >= 4 is 17.6 Å². The predicted octanol–water partition coefficient (Wildman–Crippen LogP) is 2.21. The van der Waals surface area contributed by atoms with Gasteiger partial charge in [0.15, 0.2) is 0 Å².